The third kappa shape index (κ3) is 3.57. The lowest BCUT2D eigenvalue weighted by Crippen LogP contribution is -2.10. The lowest BCUT2D eigenvalue weighted by molar-refractivity contribution is -0.385. The van der Waals surface area contributed by atoms with Crippen LogP contribution >= 0.6 is 11.6 Å². The highest BCUT2D eigenvalue weighted by atomic mass is 35.5. The molecule has 3 rings (SSSR count). The lowest BCUT2D eigenvalue weighted by Gasteiger charge is -2.08. The van der Waals surface area contributed by atoms with Gasteiger partial charge in [0.1, 0.15) is 17.8 Å². The predicted octanol–water partition coefficient (Wildman–Crippen LogP) is 4.02. The molecule has 8 heteroatoms. The van der Waals surface area contributed by atoms with Crippen LogP contribution in [0.25, 0.3) is 11.0 Å². The van der Waals surface area contributed by atoms with Gasteiger partial charge in [0.25, 0.3) is 5.69 Å². The van der Waals surface area contributed by atoms with Crippen LogP contribution in [0.4, 0.5) is 5.69 Å². The minimum Gasteiger partial charge on any atom is -0.457 e. The van der Waals surface area contributed by atoms with Gasteiger partial charge in [0.15, 0.2) is 0 Å². The molecule has 26 heavy (non-hydrogen) atoms. The number of nitro benzene ring substituents is 1. The van der Waals surface area contributed by atoms with Crippen molar-refractivity contribution in [1.82, 2.24) is 0 Å². The van der Waals surface area contributed by atoms with Gasteiger partial charge in [-0.25, -0.2) is 9.59 Å². The van der Waals surface area contributed by atoms with E-state index in [9.17, 15) is 19.7 Å². The van der Waals surface area contributed by atoms with Gasteiger partial charge in [-0.15, -0.1) is 0 Å². The predicted molar refractivity (Wildman–Crippen MR) is 94.4 cm³/mol. The maximum atomic E-state index is 12.3. The molecule has 0 spiro atoms. The van der Waals surface area contributed by atoms with Crippen LogP contribution in [0, 0.1) is 17.0 Å². The van der Waals surface area contributed by atoms with E-state index in [0.29, 0.717) is 16.5 Å². The molecular formula is C18H12ClNO6. The van der Waals surface area contributed by atoms with E-state index in [1.165, 1.54) is 18.2 Å². The van der Waals surface area contributed by atoms with E-state index in [1.807, 2.05) is 13.0 Å². The molecule has 0 unspecified atom stereocenters. The lowest BCUT2D eigenvalue weighted by atomic mass is 10.1. The first-order chi connectivity index (χ1) is 12.3. The largest absolute Gasteiger partial charge is 0.457 e. The fourth-order valence-corrected chi connectivity index (χ4v) is 2.67. The molecule has 1 aromatic heterocycles. The van der Waals surface area contributed by atoms with Crippen molar-refractivity contribution >= 4 is 34.2 Å². The first-order valence-electron chi connectivity index (χ1n) is 7.49. The normalized spacial score (nSPS) is 10.7. The number of carbonyl (C=O) groups is 1. The van der Waals surface area contributed by atoms with Crippen LogP contribution in [0.5, 0.6) is 0 Å². The molecule has 7 nitrogen and oxygen atoms in total. The number of carbonyl (C=O) groups excluding carboxylic acids is 1. The minimum absolute atomic E-state index is 0.135. The summed E-state index contributed by atoms with van der Waals surface area (Å²) in [7, 11) is 0. The van der Waals surface area contributed by atoms with Gasteiger partial charge in [-0.3, -0.25) is 10.1 Å². The monoisotopic (exact) mass is 373 g/mol. The van der Waals surface area contributed by atoms with Crippen LogP contribution in [0.1, 0.15) is 21.5 Å². The average molecular weight is 374 g/mol. The zero-order chi connectivity index (χ0) is 18.8. The van der Waals surface area contributed by atoms with Gasteiger partial charge < -0.3 is 9.15 Å². The number of hydrogen-bond donors (Lipinski definition) is 0. The highest BCUT2D eigenvalue weighted by molar-refractivity contribution is 6.31. The van der Waals surface area contributed by atoms with Gasteiger partial charge in [-0.1, -0.05) is 23.7 Å². The van der Waals surface area contributed by atoms with Crippen LogP contribution in [0.3, 0.4) is 0 Å². The van der Waals surface area contributed by atoms with Crippen LogP contribution in [-0.2, 0) is 11.3 Å². The molecule has 0 bridgehead atoms. The molecule has 0 amide bonds. The Morgan fingerprint density at radius 1 is 1.23 bits per heavy atom. The first-order valence-corrected chi connectivity index (χ1v) is 7.87. The summed E-state index contributed by atoms with van der Waals surface area (Å²) in [5, 5.41) is 11.8. The third-order valence-corrected chi connectivity index (χ3v) is 3.96. The van der Waals surface area contributed by atoms with E-state index in [-0.39, 0.29) is 17.2 Å². The van der Waals surface area contributed by atoms with Gasteiger partial charge in [0.05, 0.1) is 4.92 Å². The molecule has 0 saturated heterocycles. The van der Waals surface area contributed by atoms with E-state index < -0.39 is 22.2 Å². The quantitative estimate of drug-likeness (QED) is 0.296. The molecule has 132 valence electrons. The van der Waals surface area contributed by atoms with E-state index in [4.69, 9.17) is 20.8 Å². The molecule has 0 atom stereocenters. The molecule has 0 N–H and O–H groups in total. The Bertz CT molecular complexity index is 1090. The number of esters is 1. The highest BCUT2D eigenvalue weighted by Gasteiger charge is 2.22. The van der Waals surface area contributed by atoms with Gasteiger partial charge in [-0.2, -0.15) is 0 Å². The topological polar surface area (TPSA) is 99.6 Å². The van der Waals surface area contributed by atoms with Crippen LogP contribution < -0.4 is 5.63 Å². The summed E-state index contributed by atoms with van der Waals surface area (Å²) in [6.07, 6.45) is 0. The van der Waals surface area contributed by atoms with E-state index >= 15 is 0 Å². The fourth-order valence-electron chi connectivity index (χ4n) is 2.51. The summed E-state index contributed by atoms with van der Waals surface area (Å²) in [5.41, 5.74) is 0.485. The fraction of sp³-hybridized carbons (Fsp3) is 0.111. The Labute approximate surface area is 151 Å². The van der Waals surface area contributed by atoms with Gasteiger partial charge in [0.2, 0.25) is 0 Å². The maximum Gasteiger partial charge on any atom is 0.345 e. The smallest absolute Gasteiger partial charge is 0.345 e. The van der Waals surface area contributed by atoms with Gasteiger partial charge in [0, 0.05) is 28.1 Å². The molecule has 3 aromatic rings. The Balaban J connectivity index is 1.90. The second-order valence-electron chi connectivity index (χ2n) is 5.59. The molecule has 0 fully saturated rings. The Kier molecular flexibility index (Phi) is 4.73. The molecule has 1 heterocycles. The molecule has 0 radical (unpaired) electrons. The molecule has 2 aromatic carbocycles. The molecule has 0 aliphatic carbocycles. The number of ether oxygens (including phenoxy) is 1. The van der Waals surface area contributed by atoms with Crippen LogP contribution in [0.2, 0.25) is 5.02 Å². The minimum atomic E-state index is -0.887. The van der Waals surface area contributed by atoms with Gasteiger partial charge in [-0.05, 0) is 30.7 Å². The molecule has 0 aliphatic rings. The molecular weight excluding hydrogens is 362 g/mol. The number of hydrogen-bond acceptors (Lipinski definition) is 6. The SMILES string of the molecule is Cc1ccc2c(COC(=O)c3ccc(Cl)cc3[N+](=O)[O-])cc(=O)oc2c1. The highest BCUT2D eigenvalue weighted by Crippen LogP contribution is 2.25. The van der Waals surface area contributed by atoms with Crippen molar-refractivity contribution in [3.8, 4) is 0 Å². The summed E-state index contributed by atoms with van der Waals surface area (Å²) in [4.78, 5) is 34.3. The maximum absolute atomic E-state index is 12.3. The summed E-state index contributed by atoms with van der Waals surface area (Å²) < 4.78 is 10.3. The number of aryl methyl sites for hydroxylation is 1. The number of nitrogens with zero attached hydrogens (tertiary/aromatic N) is 1. The number of nitro groups is 1. The van der Waals surface area contributed by atoms with Crippen molar-refractivity contribution in [1.29, 1.82) is 0 Å². The van der Waals surface area contributed by atoms with Crippen molar-refractivity contribution in [2.75, 3.05) is 0 Å². The number of fused-ring (bicyclic) bond motifs is 1. The van der Waals surface area contributed by atoms with Crippen molar-refractivity contribution in [2.45, 2.75) is 13.5 Å². The van der Waals surface area contributed by atoms with E-state index in [0.717, 1.165) is 11.6 Å². The Hall–Kier alpha value is -3.19. The standard InChI is InChI=1S/C18H12ClNO6/c1-10-2-4-13-11(7-17(21)26-16(13)6-10)9-25-18(22)14-5-3-12(19)8-15(14)20(23)24/h2-8H,9H2,1H3. The second kappa shape index (κ2) is 6.97. The van der Waals surface area contributed by atoms with Crippen molar-refractivity contribution in [3.05, 3.63) is 84.7 Å². The van der Waals surface area contributed by atoms with Crippen molar-refractivity contribution in [3.63, 3.8) is 0 Å². The second-order valence-corrected chi connectivity index (χ2v) is 6.02. The zero-order valence-corrected chi connectivity index (χ0v) is 14.3. The Morgan fingerprint density at radius 3 is 2.73 bits per heavy atom. The average Bonchev–Trinajstić information content (AvgIpc) is 2.58. The molecule has 0 aliphatic heterocycles. The first kappa shape index (κ1) is 17.6. The van der Waals surface area contributed by atoms with Crippen LogP contribution in [0.15, 0.2) is 51.7 Å². The van der Waals surface area contributed by atoms with Crippen molar-refractivity contribution in [2.24, 2.45) is 0 Å². The number of halogens is 1. The summed E-state index contributed by atoms with van der Waals surface area (Å²) >= 11 is 5.73. The van der Waals surface area contributed by atoms with Crippen molar-refractivity contribution < 1.29 is 18.9 Å². The van der Waals surface area contributed by atoms with E-state index in [1.54, 1.807) is 12.1 Å². The Morgan fingerprint density at radius 2 is 2.00 bits per heavy atom. The zero-order valence-electron chi connectivity index (χ0n) is 13.5. The molecule has 0 saturated carbocycles. The number of benzene rings is 2. The number of rotatable bonds is 4. The van der Waals surface area contributed by atoms with Crippen LogP contribution in [-0.4, -0.2) is 10.9 Å². The van der Waals surface area contributed by atoms with Gasteiger partial charge >= 0.3 is 11.6 Å². The van der Waals surface area contributed by atoms with E-state index in [2.05, 4.69) is 0 Å². The summed E-state index contributed by atoms with van der Waals surface area (Å²) in [6.45, 7) is 1.62. The third-order valence-electron chi connectivity index (χ3n) is 3.72. The summed E-state index contributed by atoms with van der Waals surface area (Å²) in [6, 6.07) is 10.2. The summed E-state index contributed by atoms with van der Waals surface area (Å²) in [5.74, 6) is -0.887.